The van der Waals surface area contributed by atoms with Crippen LogP contribution in [-0.4, -0.2) is 21.5 Å². The maximum absolute atomic E-state index is 4.76. The second kappa shape index (κ2) is 5.69. The third-order valence-corrected chi connectivity index (χ3v) is 5.33. The minimum Gasteiger partial charge on any atom is -0.370 e. The summed E-state index contributed by atoms with van der Waals surface area (Å²) in [5.41, 5.74) is 2.19. The van der Waals surface area contributed by atoms with Crippen LogP contribution in [0.1, 0.15) is 42.8 Å². The van der Waals surface area contributed by atoms with Crippen LogP contribution >= 0.6 is 23.1 Å². The lowest BCUT2D eigenvalue weighted by molar-refractivity contribution is 0.860. The van der Waals surface area contributed by atoms with Crippen molar-refractivity contribution in [3.05, 3.63) is 22.5 Å². The van der Waals surface area contributed by atoms with Crippen molar-refractivity contribution < 1.29 is 0 Å². The molecule has 0 unspecified atom stereocenters. The topological polar surface area (TPSA) is 50.7 Å². The summed E-state index contributed by atoms with van der Waals surface area (Å²) in [6.07, 6.45) is 2.43. The highest BCUT2D eigenvalue weighted by Crippen LogP contribution is 2.41. The van der Waals surface area contributed by atoms with E-state index in [4.69, 9.17) is 4.98 Å². The van der Waals surface area contributed by atoms with E-state index < -0.39 is 0 Å². The van der Waals surface area contributed by atoms with Gasteiger partial charge in [0.2, 0.25) is 0 Å². The highest BCUT2D eigenvalue weighted by Gasteiger charge is 2.28. The van der Waals surface area contributed by atoms with Crippen LogP contribution in [0.2, 0.25) is 0 Å². The average Bonchev–Trinajstić information content (AvgIpc) is 3.19. The van der Waals surface area contributed by atoms with Crippen LogP contribution in [0.25, 0.3) is 0 Å². The van der Waals surface area contributed by atoms with Crippen molar-refractivity contribution in [3.8, 4) is 0 Å². The molecule has 20 heavy (non-hydrogen) atoms. The summed E-state index contributed by atoms with van der Waals surface area (Å²) in [7, 11) is 0. The van der Waals surface area contributed by atoms with E-state index in [2.05, 4.69) is 34.5 Å². The highest BCUT2D eigenvalue weighted by molar-refractivity contribution is 8.01. The number of hydrogen-bond donors (Lipinski definition) is 1. The number of thiazole rings is 1. The van der Waals surface area contributed by atoms with Crippen molar-refractivity contribution in [3.63, 3.8) is 0 Å². The molecule has 0 atom stereocenters. The van der Waals surface area contributed by atoms with E-state index in [-0.39, 0.29) is 0 Å². The molecular weight excluding hydrogens is 288 g/mol. The SMILES string of the molecule is CCNc1nc(C2CC2)nc(Sc2nc(C)cs2)c1C. The van der Waals surface area contributed by atoms with E-state index in [9.17, 15) is 0 Å². The van der Waals surface area contributed by atoms with E-state index in [1.807, 2.05) is 6.92 Å². The van der Waals surface area contributed by atoms with Gasteiger partial charge in [-0.1, -0.05) is 0 Å². The van der Waals surface area contributed by atoms with E-state index in [1.165, 1.54) is 12.8 Å². The fourth-order valence-electron chi connectivity index (χ4n) is 1.94. The van der Waals surface area contributed by atoms with Crippen LogP contribution < -0.4 is 5.32 Å². The van der Waals surface area contributed by atoms with Crippen LogP contribution in [0.5, 0.6) is 0 Å². The Morgan fingerprint density at radius 1 is 1.30 bits per heavy atom. The molecule has 2 heterocycles. The summed E-state index contributed by atoms with van der Waals surface area (Å²) in [6, 6.07) is 0. The molecule has 0 saturated heterocycles. The molecule has 0 aliphatic heterocycles. The molecule has 1 aliphatic rings. The Bertz CT molecular complexity index is 620. The summed E-state index contributed by atoms with van der Waals surface area (Å²) in [4.78, 5) is 14.0. The quantitative estimate of drug-likeness (QED) is 0.846. The fraction of sp³-hybridized carbons (Fsp3) is 0.500. The van der Waals surface area contributed by atoms with Gasteiger partial charge in [0.1, 0.15) is 16.7 Å². The zero-order valence-electron chi connectivity index (χ0n) is 11.9. The van der Waals surface area contributed by atoms with Crippen LogP contribution in [0.4, 0.5) is 5.82 Å². The van der Waals surface area contributed by atoms with Crippen molar-refractivity contribution in [2.45, 2.75) is 48.9 Å². The molecular formula is C14H18N4S2. The van der Waals surface area contributed by atoms with Gasteiger partial charge in [-0.25, -0.2) is 15.0 Å². The third-order valence-electron chi connectivity index (χ3n) is 3.19. The lowest BCUT2D eigenvalue weighted by Gasteiger charge is -2.11. The number of hydrogen-bond acceptors (Lipinski definition) is 6. The molecule has 106 valence electrons. The second-order valence-corrected chi connectivity index (χ2v) is 7.12. The van der Waals surface area contributed by atoms with Gasteiger partial charge in [-0.05, 0) is 45.4 Å². The zero-order chi connectivity index (χ0) is 14.1. The minimum atomic E-state index is 0.561. The van der Waals surface area contributed by atoms with Crippen LogP contribution in [0.15, 0.2) is 14.7 Å². The Hall–Kier alpha value is -1.14. The van der Waals surface area contributed by atoms with Gasteiger partial charge in [0, 0.05) is 29.1 Å². The van der Waals surface area contributed by atoms with Gasteiger partial charge in [0.05, 0.1) is 0 Å². The van der Waals surface area contributed by atoms with Gasteiger partial charge < -0.3 is 5.32 Å². The lowest BCUT2D eigenvalue weighted by atomic mass is 10.3. The van der Waals surface area contributed by atoms with Crippen molar-refractivity contribution in [2.75, 3.05) is 11.9 Å². The molecule has 0 aromatic carbocycles. The zero-order valence-corrected chi connectivity index (χ0v) is 13.6. The largest absolute Gasteiger partial charge is 0.370 e. The molecule has 1 fully saturated rings. The molecule has 4 nitrogen and oxygen atoms in total. The molecule has 6 heteroatoms. The predicted molar refractivity (Wildman–Crippen MR) is 83.9 cm³/mol. The summed E-state index contributed by atoms with van der Waals surface area (Å²) >= 11 is 3.32. The number of rotatable bonds is 5. The first-order chi connectivity index (χ1) is 9.67. The van der Waals surface area contributed by atoms with Gasteiger partial charge in [-0.2, -0.15) is 0 Å². The minimum absolute atomic E-state index is 0.561. The van der Waals surface area contributed by atoms with Gasteiger partial charge in [0.15, 0.2) is 4.34 Å². The number of anilines is 1. The van der Waals surface area contributed by atoms with E-state index in [0.29, 0.717) is 5.92 Å². The fourth-order valence-corrected chi connectivity index (χ4v) is 3.78. The number of aromatic nitrogens is 3. The standard InChI is InChI=1S/C14H18N4S2/c1-4-15-11-9(3)13(18-12(17-11)10-5-6-10)20-14-16-8(2)7-19-14/h7,10H,4-6H2,1-3H3,(H,15,17,18). The molecule has 2 aromatic heterocycles. The molecule has 0 bridgehead atoms. The van der Waals surface area contributed by atoms with E-state index >= 15 is 0 Å². The van der Waals surface area contributed by atoms with Crippen LogP contribution in [0.3, 0.4) is 0 Å². The van der Waals surface area contributed by atoms with Gasteiger partial charge in [-0.15, -0.1) is 11.3 Å². The molecule has 0 amide bonds. The molecule has 1 aliphatic carbocycles. The molecule has 2 aromatic rings. The van der Waals surface area contributed by atoms with Gasteiger partial charge in [0.25, 0.3) is 0 Å². The smallest absolute Gasteiger partial charge is 0.156 e. The van der Waals surface area contributed by atoms with E-state index in [1.54, 1.807) is 23.1 Å². The predicted octanol–water partition coefficient (Wildman–Crippen LogP) is 4.01. The first kappa shape index (κ1) is 13.8. The maximum atomic E-state index is 4.76. The van der Waals surface area contributed by atoms with Gasteiger partial charge >= 0.3 is 0 Å². The second-order valence-electron chi connectivity index (χ2n) is 5.02. The number of aryl methyl sites for hydroxylation is 1. The Labute approximate surface area is 127 Å². The summed E-state index contributed by atoms with van der Waals surface area (Å²) < 4.78 is 1.05. The van der Waals surface area contributed by atoms with Crippen LogP contribution in [0, 0.1) is 13.8 Å². The Balaban J connectivity index is 1.94. The maximum Gasteiger partial charge on any atom is 0.156 e. The van der Waals surface area contributed by atoms with Crippen molar-refractivity contribution >= 4 is 28.9 Å². The normalized spacial score (nSPS) is 14.6. The molecule has 3 rings (SSSR count). The third kappa shape index (κ3) is 2.96. The molecule has 1 N–H and O–H groups in total. The van der Waals surface area contributed by atoms with E-state index in [0.717, 1.165) is 38.8 Å². The first-order valence-electron chi connectivity index (χ1n) is 6.89. The van der Waals surface area contributed by atoms with Crippen LogP contribution in [-0.2, 0) is 0 Å². The number of nitrogens with zero attached hydrogens (tertiary/aromatic N) is 3. The molecule has 1 saturated carbocycles. The Morgan fingerprint density at radius 3 is 2.70 bits per heavy atom. The first-order valence-corrected chi connectivity index (χ1v) is 8.59. The van der Waals surface area contributed by atoms with Crippen molar-refractivity contribution in [1.82, 2.24) is 15.0 Å². The Kier molecular flexibility index (Phi) is 3.94. The highest BCUT2D eigenvalue weighted by atomic mass is 32.2. The molecule has 0 radical (unpaired) electrons. The summed E-state index contributed by atoms with van der Waals surface area (Å²) in [5.74, 6) is 2.52. The average molecular weight is 306 g/mol. The summed E-state index contributed by atoms with van der Waals surface area (Å²) in [5, 5.41) is 6.46. The van der Waals surface area contributed by atoms with Crippen molar-refractivity contribution in [1.29, 1.82) is 0 Å². The summed E-state index contributed by atoms with van der Waals surface area (Å²) in [6.45, 7) is 7.07. The molecule has 0 spiro atoms. The lowest BCUT2D eigenvalue weighted by Crippen LogP contribution is -2.07. The van der Waals surface area contributed by atoms with Gasteiger partial charge in [-0.3, -0.25) is 0 Å². The monoisotopic (exact) mass is 306 g/mol. The van der Waals surface area contributed by atoms with Crippen molar-refractivity contribution in [2.24, 2.45) is 0 Å². The Morgan fingerprint density at radius 2 is 2.10 bits per heavy atom. The number of nitrogens with one attached hydrogen (secondary N) is 1.